The molecule has 5 nitrogen and oxygen atoms in total. The number of nitrogen functional groups attached to an aromatic ring is 1. The third-order valence-electron chi connectivity index (χ3n) is 4.49. The van der Waals surface area contributed by atoms with E-state index >= 15 is 0 Å². The molecule has 0 aliphatic heterocycles. The van der Waals surface area contributed by atoms with Crippen LogP contribution in [0.2, 0.25) is 0 Å². The van der Waals surface area contributed by atoms with Gasteiger partial charge in [-0.3, -0.25) is 14.2 Å². The van der Waals surface area contributed by atoms with Crippen LogP contribution in [0.25, 0.3) is 5.69 Å². The Bertz CT molecular complexity index is 1150. The molecule has 8 heteroatoms. The summed E-state index contributed by atoms with van der Waals surface area (Å²) >= 11 is 0. The number of hydrogen-bond acceptors (Lipinski definition) is 4. The van der Waals surface area contributed by atoms with Gasteiger partial charge in [-0.2, -0.15) is 0 Å². The number of ketones is 1. The summed E-state index contributed by atoms with van der Waals surface area (Å²) < 4.78 is 42.7. The predicted octanol–water partition coefficient (Wildman–Crippen LogP) is 2.91. The number of carbonyl (C=O) groups is 1. The Kier molecular flexibility index (Phi) is 5.56. The Morgan fingerprint density at radius 2 is 1.72 bits per heavy atom. The van der Waals surface area contributed by atoms with Crippen molar-refractivity contribution >= 4 is 11.6 Å². The molecule has 0 atom stereocenters. The van der Waals surface area contributed by atoms with Crippen molar-refractivity contribution in [2.45, 2.75) is 13.3 Å². The molecule has 0 bridgehead atoms. The van der Waals surface area contributed by atoms with Crippen molar-refractivity contribution in [3.63, 3.8) is 0 Å². The molecule has 0 saturated carbocycles. The normalized spacial score (nSPS) is 10.9. The number of carbonyl (C=O) groups excluding carboxylic acids is 1. The van der Waals surface area contributed by atoms with Gasteiger partial charge < -0.3 is 10.8 Å². The largest absolute Gasteiger partial charge is 0.396 e. The summed E-state index contributed by atoms with van der Waals surface area (Å²) in [5.74, 6) is -3.94. The minimum Gasteiger partial charge on any atom is -0.396 e. The Hall–Kier alpha value is -3.39. The van der Waals surface area contributed by atoms with Crippen molar-refractivity contribution in [1.82, 2.24) is 4.57 Å². The number of aryl methyl sites for hydroxylation is 1. The Morgan fingerprint density at radius 3 is 2.34 bits per heavy atom. The van der Waals surface area contributed by atoms with Gasteiger partial charge in [-0.05, 0) is 48.7 Å². The molecular formula is C21H17F3N2O3. The lowest BCUT2D eigenvalue weighted by Gasteiger charge is -2.17. The van der Waals surface area contributed by atoms with E-state index in [1.807, 2.05) is 0 Å². The number of aromatic nitrogens is 1. The fourth-order valence-corrected chi connectivity index (χ4v) is 3.16. The highest BCUT2D eigenvalue weighted by molar-refractivity contribution is 6.11. The van der Waals surface area contributed by atoms with Crippen LogP contribution >= 0.6 is 0 Å². The number of pyridine rings is 1. The maximum atomic E-state index is 14.8. The number of nitrogens with zero attached hydrogens (tertiary/aromatic N) is 1. The molecule has 3 N–H and O–H groups in total. The lowest BCUT2D eigenvalue weighted by Crippen LogP contribution is -2.25. The first kappa shape index (κ1) is 20.3. The van der Waals surface area contributed by atoms with Gasteiger partial charge in [0.2, 0.25) is 0 Å². The molecular weight excluding hydrogens is 385 g/mol. The van der Waals surface area contributed by atoms with Crippen LogP contribution < -0.4 is 11.3 Å². The second-order valence-corrected chi connectivity index (χ2v) is 6.48. The Balaban J connectivity index is 2.19. The van der Waals surface area contributed by atoms with Crippen molar-refractivity contribution in [3.8, 4) is 5.69 Å². The zero-order valence-corrected chi connectivity index (χ0v) is 15.4. The SMILES string of the molecule is Cc1cc(CCO)cc(F)c1-n1c(N)c(C(=O)c2ccc(F)cc2F)ccc1=O. The number of hydrogen-bond donors (Lipinski definition) is 2. The first-order valence-corrected chi connectivity index (χ1v) is 8.66. The molecule has 3 rings (SSSR count). The van der Waals surface area contributed by atoms with Gasteiger partial charge in [-0.25, -0.2) is 13.2 Å². The van der Waals surface area contributed by atoms with Crippen molar-refractivity contribution < 1.29 is 23.1 Å². The second-order valence-electron chi connectivity index (χ2n) is 6.48. The highest BCUT2D eigenvalue weighted by atomic mass is 19.1. The zero-order valence-electron chi connectivity index (χ0n) is 15.4. The third-order valence-corrected chi connectivity index (χ3v) is 4.49. The lowest BCUT2D eigenvalue weighted by molar-refractivity contribution is 0.103. The zero-order chi connectivity index (χ0) is 21.3. The van der Waals surface area contributed by atoms with Gasteiger partial charge in [-0.15, -0.1) is 0 Å². The number of aliphatic hydroxyl groups excluding tert-OH is 1. The van der Waals surface area contributed by atoms with Crippen molar-refractivity contribution in [2.24, 2.45) is 0 Å². The summed E-state index contributed by atoms with van der Waals surface area (Å²) in [5, 5.41) is 9.03. The van der Waals surface area contributed by atoms with Crippen LogP contribution in [-0.2, 0) is 6.42 Å². The topological polar surface area (TPSA) is 85.3 Å². The monoisotopic (exact) mass is 402 g/mol. The van der Waals surface area contributed by atoms with E-state index in [0.717, 1.165) is 28.8 Å². The number of halogens is 3. The van der Waals surface area contributed by atoms with Gasteiger partial charge in [0.25, 0.3) is 5.56 Å². The summed E-state index contributed by atoms with van der Waals surface area (Å²) in [6.07, 6.45) is 0.227. The standard InChI is InChI=1S/C21H17F3N2O3/c1-11-8-12(6-7-27)9-17(24)19(11)26-18(28)5-4-15(21(26)25)20(29)14-3-2-13(22)10-16(14)23/h2-5,8-10,27H,6-7,25H2,1H3. The van der Waals surface area contributed by atoms with Crippen molar-refractivity contribution in [2.75, 3.05) is 12.3 Å². The molecule has 29 heavy (non-hydrogen) atoms. The highest BCUT2D eigenvalue weighted by Crippen LogP contribution is 2.25. The number of rotatable bonds is 5. The van der Waals surface area contributed by atoms with Crippen LogP contribution in [0.1, 0.15) is 27.0 Å². The predicted molar refractivity (Wildman–Crippen MR) is 102 cm³/mol. The average Bonchev–Trinajstić information content (AvgIpc) is 2.63. The van der Waals surface area contributed by atoms with Gasteiger partial charge in [0.15, 0.2) is 5.78 Å². The molecule has 0 spiro atoms. The second kappa shape index (κ2) is 7.92. The maximum absolute atomic E-state index is 14.8. The first-order chi connectivity index (χ1) is 13.7. The maximum Gasteiger partial charge on any atom is 0.256 e. The molecule has 0 saturated heterocycles. The van der Waals surface area contributed by atoms with Crippen LogP contribution in [0.4, 0.5) is 19.0 Å². The van der Waals surface area contributed by atoms with E-state index < -0.39 is 34.4 Å². The summed E-state index contributed by atoms with van der Waals surface area (Å²) in [6.45, 7) is 1.38. The van der Waals surface area contributed by atoms with Crippen LogP contribution in [-0.4, -0.2) is 22.1 Å². The molecule has 0 unspecified atom stereocenters. The molecule has 2 aromatic carbocycles. The van der Waals surface area contributed by atoms with E-state index in [9.17, 15) is 22.8 Å². The highest BCUT2D eigenvalue weighted by Gasteiger charge is 2.22. The first-order valence-electron chi connectivity index (χ1n) is 8.66. The third kappa shape index (κ3) is 3.79. The van der Waals surface area contributed by atoms with Gasteiger partial charge in [0.05, 0.1) is 16.8 Å². The van der Waals surface area contributed by atoms with Crippen molar-refractivity contribution in [3.05, 3.63) is 92.5 Å². The van der Waals surface area contributed by atoms with Gasteiger partial charge >= 0.3 is 0 Å². The minimum atomic E-state index is -1.08. The van der Waals surface area contributed by atoms with E-state index in [0.29, 0.717) is 17.2 Å². The lowest BCUT2D eigenvalue weighted by atomic mass is 10.0. The molecule has 0 fully saturated rings. The van der Waals surface area contributed by atoms with E-state index in [1.54, 1.807) is 13.0 Å². The Labute approximate surface area is 163 Å². The van der Waals surface area contributed by atoms with E-state index in [1.165, 1.54) is 6.07 Å². The Morgan fingerprint density at radius 1 is 1.03 bits per heavy atom. The fourth-order valence-electron chi connectivity index (χ4n) is 3.16. The number of anilines is 1. The summed E-state index contributed by atoms with van der Waals surface area (Å²) in [4.78, 5) is 25.1. The smallest absolute Gasteiger partial charge is 0.256 e. The molecule has 0 aliphatic rings. The molecule has 1 aromatic heterocycles. The van der Waals surface area contributed by atoms with Gasteiger partial charge in [-0.1, -0.05) is 6.07 Å². The average molecular weight is 402 g/mol. The molecule has 0 radical (unpaired) electrons. The minimum absolute atomic E-state index is 0.150. The summed E-state index contributed by atoms with van der Waals surface area (Å²) in [6, 6.07) is 7.35. The van der Waals surface area contributed by atoms with Crippen LogP contribution in [0.15, 0.2) is 47.3 Å². The van der Waals surface area contributed by atoms with E-state index in [2.05, 4.69) is 0 Å². The molecule has 0 aliphatic carbocycles. The summed E-state index contributed by atoms with van der Waals surface area (Å²) in [5.41, 5.74) is 5.40. The number of nitrogens with two attached hydrogens (primary N) is 1. The fraction of sp³-hybridized carbons (Fsp3) is 0.143. The summed E-state index contributed by atoms with van der Waals surface area (Å²) in [7, 11) is 0. The van der Waals surface area contributed by atoms with Gasteiger partial charge in [0.1, 0.15) is 23.3 Å². The van der Waals surface area contributed by atoms with E-state index in [4.69, 9.17) is 10.8 Å². The van der Waals surface area contributed by atoms with Crippen LogP contribution in [0, 0.1) is 24.4 Å². The molecule has 150 valence electrons. The number of benzene rings is 2. The molecule has 3 aromatic rings. The van der Waals surface area contributed by atoms with Gasteiger partial charge in [0, 0.05) is 18.7 Å². The van der Waals surface area contributed by atoms with Crippen molar-refractivity contribution in [1.29, 1.82) is 0 Å². The van der Waals surface area contributed by atoms with Crippen LogP contribution in [0.5, 0.6) is 0 Å². The van der Waals surface area contributed by atoms with E-state index in [-0.39, 0.29) is 30.1 Å². The number of aliphatic hydroxyl groups is 1. The quantitative estimate of drug-likeness (QED) is 0.643. The van der Waals surface area contributed by atoms with Crippen LogP contribution in [0.3, 0.4) is 0 Å². The molecule has 1 heterocycles. The molecule has 0 amide bonds.